The molecule has 1 saturated heterocycles. The molecule has 0 N–H and O–H groups in total. The van der Waals surface area contributed by atoms with Gasteiger partial charge in [-0.2, -0.15) is 0 Å². The first kappa shape index (κ1) is 16.6. The highest BCUT2D eigenvalue weighted by Gasteiger charge is 2.31. The second-order valence-corrected chi connectivity index (χ2v) is 7.11. The van der Waals surface area contributed by atoms with Crippen molar-refractivity contribution in [1.29, 1.82) is 0 Å². The largest absolute Gasteiger partial charge is 0.384 e. The fraction of sp³-hybridized carbons (Fsp3) is 0.500. The molecule has 1 aromatic rings. The molecule has 0 unspecified atom stereocenters. The van der Waals surface area contributed by atoms with Crippen LogP contribution in [0, 0.1) is 5.92 Å². The van der Waals surface area contributed by atoms with Gasteiger partial charge in [-0.15, -0.1) is 0 Å². The number of methoxy groups -OCH3 is 1. The first-order valence-electron chi connectivity index (χ1n) is 8.11. The van der Waals surface area contributed by atoms with E-state index < -0.39 is 0 Å². The molecule has 5 heteroatoms. The lowest BCUT2D eigenvalue weighted by atomic mass is 10.0. The molecule has 0 saturated carbocycles. The fourth-order valence-electron chi connectivity index (χ4n) is 2.97. The van der Waals surface area contributed by atoms with E-state index in [1.54, 1.807) is 7.11 Å². The zero-order chi connectivity index (χ0) is 16.1. The summed E-state index contributed by atoms with van der Waals surface area (Å²) in [5.41, 5.74) is 2.36. The predicted octanol–water partition coefficient (Wildman–Crippen LogP) is 3.33. The molecular formula is C18H24N2O2S. The summed E-state index contributed by atoms with van der Waals surface area (Å²) in [7, 11) is 1.77. The SMILES string of the molecule is COC[C@H]1SC(=Nc2ccccc2)C=C(N2CCOCC2)[C@H]1C. The molecule has 0 amide bonds. The van der Waals surface area contributed by atoms with Gasteiger partial charge in [0.1, 0.15) is 0 Å². The number of rotatable bonds is 4. The van der Waals surface area contributed by atoms with Gasteiger partial charge in [-0.05, 0) is 18.2 Å². The maximum Gasteiger partial charge on any atom is 0.0988 e. The number of allylic oxidation sites excluding steroid dienone is 1. The van der Waals surface area contributed by atoms with E-state index in [0.29, 0.717) is 11.2 Å². The van der Waals surface area contributed by atoms with Crippen LogP contribution >= 0.6 is 11.8 Å². The maximum absolute atomic E-state index is 5.49. The Kier molecular flexibility index (Phi) is 5.75. The molecule has 124 valence electrons. The number of hydrogen-bond acceptors (Lipinski definition) is 5. The third-order valence-electron chi connectivity index (χ3n) is 4.27. The van der Waals surface area contributed by atoms with Crippen molar-refractivity contribution in [2.24, 2.45) is 10.9 Å². The fourth-order valence-corrected chi connectivity index (χ4v) is 4.18. The molecule has 2 aliphatic heterocycles. The number of thioether (sulfide) groups is 1. The molecule has 1 aromatic carbocycles. The molecule has 0 aromatic heterocycles. The van der Waals surface area contributed by atoms with Gasteiger partial charge in [0, 0.05) is 37.1 Å². The van der Waals surface area contributed by atoms with Crippen LogP contribution in [0.25, 0.3) is 0 Å². The highest BCUT2D eigenvalue weighted by atomic mass is 32.2. The normalized spacial score (nSPS) is 27.1. The van der Waals surface area contributed by atoms with Gasteiger partial charge in [0.05, 0.1) is 30.6 Å². The van der Waals surface area contributed by atoms with E-state index in [4.69, 9.17) is 14.5 Å². The minimum absolute atomic E-state index is 0.394. The first-order chi connectivity index (χ1) is 11.3. The highest BCUT2D eigenvalue weighted by molar-refractivity contribution is 8.15. The van der Waals surface area contributed by atoms with E-state index >= 15 is 0 Å². The summed E-state index contributed by atoms with van der Waals surface area (Å²) in [6.07, 6.45) is 2.25. The predicted molar refractivity (Wildman–Crippen MR) is 96.4 cm³/mol. The molecular weight excluding hydrogens is 308 g/mol. The minimum atomic E-state index is 0.394. The third kappa shape index (κ3) is 4.16. The van der Waals surface area contributed by atoms with Crippen molar-refractivity contribution in [1.82, 2.24) is 4.90 Å². The van der Waals surface area contributed by atoms with Gasteiger partial charge >= 0.3 is 0 Å². The Morgan fingerprint density at radius 2 is 2.00 bits per heavy atom. The van der Waals surface area contributed by atoms with Crippen LogP contribution in [0.4, 0.5) is 5.69 Å². The van der Waals surface area contributed by atoms with Crippen LogP contribution in [-0.4, -0.2) is 55.2 Å². The molecule has 2 atom stereocenters. The zero-order valence-corrected chi connectivity index (χ0v) is 14.6. The van der Waals surface area contributed by atoms with Crippen LogP contribution in [0.15, 0.2) is 47.1 Å². The lowest BCUT2D eigenvalue weighted by Crippen LogP contribution is -2.41. The van der Waals surface area contributed by atoms with Crippen LogP contribution in [0.5, 0.6) is 0 Å². The number of ether oxygens (including phenoxy) is 2. The lowest BCUT2D eigenvalue weighted by Gasteiger charge is -2.39. The van der Waals surface area contributed by atoms with Gasteiger partial charge in [0.2, 0.25) is 0 Å². The number of hydrogen-bond donors (Lipinski definition) is 0. The Hall–Kier alpha value is -1.30. The number of para-hydroxylation sites is 1. The van der Waals surface area contributed by atoms with Crippen LogP contribution < -0.4 is 0 Å². The van der Waals surface area contributed by atoms with E-state index in [0.717, 1.165) is 43.6 Å². The van der Waals surface area contributed by atoms with Crippen molar-refractivity contribution in [2.75, 3.05) is 40.0 Å². The minimum Gasteiger partial charge on any atom is -0.384 e. The van der Waals surface area contributed by atoms with Crippen LogP contribution in [0.1, 0.15) is 6.92 Å². The van der Waals surface area contributed by atoms with Gasteiger partial charge < -0.3 is 14.4 Å². The van der Waals surface area contributed by atoms with Gasteiger partial charge in [0.15, 0.2) is 0 Å². The van der Waals surface area contributed by atoms with Gasteiger partial charge in [-0.3, -0.25) is 0 Å². The molecule has 2 heterocycles. The summed E-state index contributed by atoms with van der Waals surface area (Å²) in [4.78, 5) is 7.26. The second kappa shape index (κ2) is 7.99. The lowest BCUT2D eigenvalue weighted by molar-refractivity contribution is 0.0480. The third-order valence-corrected chi connectivity index (χ3v) is 5.57. The summed E-state index contributed by atoms with van der Waals surface area (Å²) in [6.45, 7) is 6.55. The molecule has 3 rings (SSSR count). The number of morpholine rings is 1. The van der Waals surface area contributed by atoms with Crippen molar-refractivity contribution in [2.45, 2.75) is 12.2 Å². The van der Waals surface area contributed by atoms with Gasteiger partial charge in [-0.1, -0.05) is 36.9 Å². The van der Waals surface area contributed by atoms with E-state index in [1.807, 2.05) is 42.1 Å². The molecule has 0 radical (unpaired) electrons. The Bertz CT molecular complexity index is 568. The van der Waals surface area contributed by atoms with E-state index in [1.165, 1.54) is 5.70 Å². The van der Waals surface area contributed by atoms with Crippen LogP contribution in [0.2, 0.25) is 0 Å². The zero-order valence-electron chi connectivity index (χ0n) is 13.8. The molecule has 23 heavy (non-hydrogen) atoms. The van der Waals surface area contributed by atoms with Crippen molar-refractivity contribution in [3.8, 4) is 0 Å². The van der Waals surface area contributed by atoms with E-state index in [2.05, 4.69) is 17.9 Å². The van der Waals surface area contributed by atoms with Crippen molar-refractivity contribution in [3.05, 3.63) is 42.1 Å². The Morgan fingerprint density at radius 1 is 1.26 bits per heavy atom. The smallest absolute Gasteiger partial charge is 0.0988 e. The van der Waals surface area contributed by atoms with Crippen molar-refractivity contribution in [3.63, 3.8) is 0 Å². The van der Waals surface area contributed by atoms with E-state index in [9.17, 15) is 0 Å². The summed E-state index contributed by atoms with van der Waals surface area (Å²) in [6, 6.07) is 10.1. The molecule has 1 fully saturated rings. The monoisotopic (exact) mass is 332 g/mol. The van der Waals surface area contributed by atoms with Crippen LogP contribution in [0.3, 0.4) is 0 Å². The van der Waals surface area contributed by atoms with E-state index in [-0.39, 0.29) is 0 Å². The number of aliphatic imine (C=N–C) groups is 1. The van der Waals surface area contributed by atoms with Gasteiger partial charge in [-0.25, -0.2) is 4.99 Å². The standard InChI is InChI=1S/C18H24N2O2S/c1-14-16(20-8-10-22-11-9-20)12-18(23-17(14)13-21-2)19-15-6-4-3-5-7-15/h3-7,12,14,17H,8-11,13H2,1-2H3/t14-,17-/m1/s1. The molecule has 2 aliphatic rings. The van der Waals surface area contributed by atoms with Gasteiger partial charge in [0.25, 0.3) is 0 Å². The van der Waals surface area contributed by atoms with Crippen LogP contribution in [-0.2, 0) is 9.47 Å². The quantitative estimate of drug-likeness (QED) is 0.847. The van der Waals surface area contributed by atoms with Crippen molar-refractivity contribution < 1.29 is 9.47 Å². The topological polar surface area (TPSA) is 34.1 Å². The molecule has 0 aliphatic carbocycles. The summed E-state index contributed by atoms with van der Waals surface area (Å²) in [5, 5.41) is 1.46. The average molecular weight is 332 g/mol. The Balaban J connectivity index is 1.88. The summed E-state index contributed by atoms with van der Waals surface area (Å²) < 4.78 is 10.9. The average Bonchev–Trinajstić information content (AvgIpc) is 2.59. The highest BCUT2D eigenvalue weighted by Crippen LogP contribution is 2.36. The Labute approximate surface area is 142 Å². The molecule has 0 bridgehead atoms. The summed E-state index contributed by atoms with van der Waals surface area (Å²) >= 11 is 1.82. The maximum atomic E-state index is 5.49. The van der Waals surface area contributed by atoms with Crippen molar-refractivity contribution >= 4 is 22.5 Å². The first-order valence-corrected chi connectivity index (χ1v) is 8.99. The molecule has 4 nitrogen and oxygen atoms in total. The Morgan fingerprint density at radius 3 is 2.70 bits per heavy atom. The number of nitrogens with zero attached hydrogens (tertiary/aromatic N) is 2. The second-order valence-electron chi connectivity index (χ2n) is 5.85. The number of benzene rings is 1. The molecule has 0 spiro atoms. The summed E-state index contributed by atoms with van der Waals surface area (Å²) in [5.74, 6) is 0.452.